The van der Waals surface area contributed by atoms with E-state index < -0.39 is 18.8 Å². The first kappa shape index (κ1) is 12.5. The van der Waals surface area contributed by atoms with E-state index in [2.05, 4.69) is 4.98 Å². The van der Waals surface area contributed by atoms with Crippen LogP contribution in [-0.4, -0.2) is 16.1 Å². The summed E-state index contributed by atoms with van der Waals surface area (Å²) in [5.74, 6) is -1.12. The Kier molecular flexibility index (Phi) is 3.89. The fourth-order valence-corrected chi connectivity index (χ4v) is 1.51. The number of carboxylic acids is 1. The number of pyridine rings is 1. The summed E-state index contributed by atoms with van der Waals surface area (Å²) in [6.07, 6.45) is -3.07. The van der Waals surface area contributed by atoms with Crippen molar-refractivity contribution in [3.8, 4) is 0 Å². The van der Waals surface area contributed by atoms with Crippen LogP contribution in [0.1, 0.15) is 28.9 Å². The minimum absolute atomic E-state index is 0.116. The van der Waals surface area contributed by atoms with Crippen molar-refractivity contribution < 1.29 is 18.7 Å². The molecule has 0 fully saturated rings. The van der Waals surface area contributed by atoms with Gasteiger partial charge in [-0.05, 0) is 18.6 Å². The van der Waals surface area contributed by atoms with E-state index in [1.807, 2.05) is 0 Å². The number of nitrogens with two attached hydrogens (primary N) is 1. The van der Waals surface area contributed by atoms with Gasteiger partial charge in [-0.3, -0.25) is 9.78 Å². The third-order valence-electron chi connectivity index (χ3n) is 2.13. The molecule has 1 rings (SSSR count). The summed E-state index contributed by atoms with van der Waals surface area (Å²) in [5, 5.41) is 8.64. The summed E-state index contributed by atoms with van der Waals surface area (Å²) in [4.78, 5) is 14.5. The Morgan fingerprint density at radius 1 is 1.62 bits per heavy atom. The van der Waals surface area contributed by atoms with Gasteiger partial charge in [-0.2, -0.15) is 0 Å². The fraction of sp³-hybridized carbons (Fsp3) is 0.400. The summed E-state index contributed by atoms with van der Waals surface area (Å²) in [6.45, 7) is 1.40. The van der Waals surface area contributed by atoms with Crippen LogP contribution in [0.15, 0.2) is 6.07 Å². The molecule has 16 heavy (non-hydrogen) atoms. The molecule has 0 aliphatic rings. The Balaban J connectivity index is 3.29. The van der Waals surface area contributed by atoms with Gasteiger partial charge in [-0.25, -0.2) is 8.78 Å². The Hall–Kier alpha value is -1.56. The molecule has 0 spiro atoms. The second kappa shape index (κ2) is 4.98. The van der Waals surface area contributed by atoms with Gasteiger partial charge in [0.25, 0.3) is 6.43 Å². The van der Waals surface area contributed by atoms with Gasteiger partial charge in [0.05, 0.1) is 12.1 Å². The van der Waals surface area contributed by atoms with Crippen molar-refractivity contribution in [3.05, 3.63) is 28.6 Å². The lowest BCUT2D eigenvalue weighted by molar-refractivity contribution is -0.136. The molecule has 1 heterocycles. The highest BCUT2D eigenvalue weighted by Crippen LogP contribution is 2.25. The van der Waals surface area contributed by atoms with Gasteiger partial charge in [0, 0.05) is 17.8 Å². The van der Waals surface area contributed by atoms with Crippen LogP contribution < -0.4 is 5.73 Å². The summed E-state index contributed by atoms with van der Waals surface area (Å²) >= 11 is 0. The molecule has 6 heteroatoms. The van der Waals surface area contributed by atoms with E-state index in [0.29, 0.717) is 5.69 Å². The number of nitrogens with zero attached hydrogens (tertiary/aromatic N) is 1. The number of rotatable bonds is 4. The van der Waals surface area contributed by atoms with E-state index in [0.717, 1.165) is 0 Å². The summed E-state index contributed by atoms with van der Waals surface area (Å²) in [7, 11) is 0. The molecular formula is C10H12F2N2O2. The lowest BCUT2D eigenvalue weighted by Crippen LogP contribution is -2.13. The van der Waals surface area contributed by atoms with Crippen LogP contribution in [-0.2, 0) is 17.8 Å². The van der Waals surface area contributed by atoms with Crippen LogP contribution in [0, 0.1) is 6.92 Å². The first-order valence-electron chi connectivity index (χ1n) is 4.65. The van der Waals surface area contributed by atoms with Crippen LogP contribution in [0.25, 0.3) is 0 Å². The summed E-state index contributed by atoms with van der Waals surface area (Å²) in [5.41, 5.74) is 5.73. The van der Waals surface area contributed by atoms with Crippen molar-refractivity contribution in [2.24, 2.45) is 5.73 Å². The average molecular weight is 230 g/mol. The topological polar surface area (TPSA) is 76.2 Å². The Bertz CT molecular complexity index is 408. The van der Waals surface area contributed by atoms with Gasteiger partial charge in [0.1, 0.15) is 0 Å². The van der Waals surface area contributed by atoms with Gasteiger partial charge < -0.3 is 10.8 Å². The molecule has 0 amide bonds. The molecule has 0 saturated carbocycles. The van der Waals surface area contributed by atoms with E-state index in [1.54, 1.807) is 0 Å². The molecule has 0 saturated heterocycles. The van der Waals surface area contributed by atoms with E-state index in [4.69, 9.17) is 10.8 Å². The first-order valence-corrected chi connectivity index (χ1v) is 4.65. The first-order chi connectivity index (χ1) is 7.45. The number of aryl methyl sites for hydroxylation is 1. The zero-order valence-electron chi connectivity index (χ0n) is 8.70. The van der Waals surface area contributed by atoms with Gasteiger partial charge in [-0.15, -0.1) is 0 Å². The molecule has 0 bridgehead atoms. The van der Waals surface area contributed by atoms with E-state index >= 15 is 0 Å². The molecule has 0 unspecified atom stereocenters. The number of alkyl halides is 2. The van der Waals surface area contributed by atoms with Gasteiger partial charge in [0.2, 0.25) is 0 Å². The average Bonchev–Trinajstić information content (AvgIpc) is 2.15. The molecule has 1 aromatic heterocycles. The van der Waals surface area contributed by atoms with E-state index in [-0.39, 0.29) is 23.4 Å². The lowest BCUT2D eigenvalue weighted by atomic mass is 10.0. The maximum Gasteiger partial charge on any atom is 0.309 e. The third-order valence-corrected chi connectivity index (χ3v) is 2.13. The highest BCUT2D eigenvalue weighted by Gasteiger charge is 2.18. The van der Waals surface area contributed by atoms with Crippen molar-refractivity contribution in [3.63, 3.8) is 0 Å². The molecule has 1 aromatic rings. The summed E-state index contributed by atoms with van der Waals surface area (Å²) in [6, 6.07) is 1.23. The van der Waals surface area contributed by atoms with Crippen molar-refractivity contribution in [1.82, 2.24) is 4.98 Å². The molecule has 0 aromatic carbocycles. The Morgan fingerprint density at radius 2 is 2.25 bits per heavy atom. The standard InChI is InChI=1S/C10H12F2N2O2/c1-5-2-6(10(11)12)7(4-13)8(14-5)3-9(15)16/h2,10H,3-4,13H2,1H3,(H,15,16). The molecule has 3 N–H and O–H groups in total. The van der Waals surface area contributed by atoms with Crippen molar-refractivity contribution in [2.75, 3.05) is 0 Å². The van der Waals surface area contributed by atoms with Crippen molar-refractivity contribution >= 4 is 5.97 Å². The molecule has 0 radical (unpaired) electrons. The predicted octanol–water partition coefficient (Wildman–Crippen LogP) is 1.41. The molecular weight excluding hydrogens is 218 g/mol. The second-order valence-electron chi connectivity index (χ2n) is 3.35. The highest BCUT2D eigenvalue weighted by molar-refractivity contribution is 5.70. The number of aliphatic carboxylic acids is 1. The van der Waals surface area contributed by atoms with Crippen LogP contribution in [0.2, 0.25) is 0 Å². The monoisotopic (exact) mass is 230 g/mol. The number of hydrogen-bond donors (Lipinski definition) is 2. The van der Waals surface area contributed by atoms with Crippen LogP contribution in [0.3, 0.4) is 0 Å². The Labute approximate surface area is 91.1 Å². The number of carboxylic acid groups (broad SMARTS) is 1. The van der Waals surface area contributed by atoms with E-state index in [9.17, 15) is 13.6 Å². The number of hydrogen-bond acceptors (Lipinski definition) is 3. The van der Waals surface area contributed by atoms with Gasteiger partial charge >= 0.3 is 5.97 Å². The largest absolute Gasteiger partial charge is 0.481 e. The SMILES string of the molecule is Cc1cc(C(F)F)c(CN)c(CC(=O)O)n1. The normalized spacial score (nSPS) is 10.8. The van der Waals surface area contributed by atoms with Gasteiger partial charge in [-0.1, -0.05) is 0 Å². The van der Waals surface area contributed by atoms with Crippen molar-refractivity contribution in [1.29, 1.82) is 0 Å². The van der Waals surface area contributed by atoms with Crippen LogP contribution >= 0.6 is 0 Å². The van der Waals surface area contributed by atoms with Crippen LogP contribution in [0.5, 0.6) is 0 Å². The molecule has 0 aliphatic carbocycles. The minimum Gasteiger partial charge on any atom is -0.481 e. The fourth-order valence-electron chi connectivity index (χ4n) is 1.51. The second-order valence-corrected chi connectivity index (χ2v) is 3.35. The maximum atomic E-state index is 12.7. The molecule has 88 valence electrons. The molecule has 0 aliphatic heterocycles. The van der Waals surface area contributed by atoms with Gasteiger partial charge in [0.15, 0.2) is 0 Å². The zero-order chi connectivity index (χ0) is 12.3. The van der Waals surface area contributed by atoms with Crippen LogP contribution in [0.4, 0.5) is 8.78 Å². The summed E-state index contributed by atoms with van der Waals surface area (Å²) < 4.78 is 25.4. The number of carbonyl (C=O) groups is 1. The zero-order valence-corrected chi connectivity index (χ0v) is 8.70. The highest BCUT2D eigenvalue weighted by atomic mass is 19.3. The van der Waals surface area contributed by atoms with E-state index in [1.165, 1.54) is 13.0 Å². The number of aromatic nitrogens is 1. The number of halogens is 2. The maximum absolute atomic E-state index is 12.7. The molecule has 4 nitrogen and oxygen atoms in total. The predicted molar refractivity (Wildman–Crippen MR) is 53.2 cm³/mol. The Morgan fingerprint density at radius 3 is 2.69 bits per heavy atom. The smallest absolute Gasteiger partial charge is 0.309 e. The molecule has 0 atom stereocenters. The minimum atomic E-state index is -2.67. The lowest BCUT2D eigenvalue weighted by Gasteiger charge is -2.12. The quantitative estimate of drug-likeness (QED) is 0.820. The third kappa shape index (κ3) is 2.73. The van der Waals surface area contributed by atoms with Crippen molar-refractivity contribution in [2.45, 2.75) is 26.3 Å².